The number of halogens is 1. The van der Waals surface area contributed by atoms with E-state index >= 15 is 0 Å². The molecule has 1 aliphatic rings. The minimum Gasteiger partial charge on any atom is -0.329 e. The van der Waals surface area contributed by atoms with Gasteiger partial charge in [0.05, 0.1) is 0 Å². The van der Waals surface area contributed by atoms with E-state index in [-0.39, 0.29) is 23.5 Å². The molecule has 18 heavy (non-hydrogen) atoms. The Kier molecular flexibility index (Phi) is 5.52. The summed E-state index contributed by atoms with van der Waals surface area (Å²) in [4.78, 5) is 3.92. The summed E-state index contributed by atoms with van der Waals surface area (Å²) >= 11 is 0. The maximum absolute atomic E-state index is 12.4. The molecule has 0 bridgehead atoms. The summed E-state index contributed by atoms with van der Waals surface area (Å²) in [5.74, 6) is 0. The van der Waals surface area contributed by atoms with Crippen LogP contribution in [-0.4, -0.2) is 36.8 Å². The molecule has 0 spiro atoms. The first-order valence-corrected chi connectivity index (χ1v) is 7.23. The first-order chi connectivity index (χ1) is 8.16. The minimum atomic E-state index is -3.48. The maximum atomic E-state index is 12.4. The Labute approximate surface area is 114 Å². The highest BCUT2D eigenvalue weighted by atomic mass is 35.5. The molecule has 5 nitrogen and oxygen atoms in total. The van der Waals surface area contributed by atoms with Crippen molar-refractivity contribution >= 4 is 22.4 Å². The smallest absolute Gasteiger partial charge is 0.260 e. The van der Waals surface area contributed by atoms with Gasteiger partial charge in [0.15, 0.2) is 5.03 Å². The molecule has 1 fully saturated rings. The number of piperidine rings is 1. The first kappa shape index (κ1) is 15.4. The molecule has 7 heteroatoms. The normalized spacial score (nSPS) is 21.3. The minimum absolute atomic E-state index is 0. The van der Waals surface area contributed by atoms with Crippen LogP contribution < -0.4 is 5.73 Å². The van der Waals surface area contributed by atoms with E-state index in [0.29, 0.717) is 13.1 Å². The van der Waals surface area contributed by atoms with Crippen molar-refractivity contribution in [1.82, 2.24) is 9.29 Å². The Bertz CT molecular complexity index is 466. The van der Waals surface area contributed by atoms with Crippen molar-refractivity contribution < 1.29 is 8.42 Å². The Morgan fingerprint density at radius 1 is 1.39 bits per heavy atom. The van der Waals surface area contributed by atoms with Crippen molar-refractivity contribution in [2.75, 3.05) is 13.1 Å². The fraction of sp³-hybridized carbons (Fsp3) is 0.545. The fourth-order valence-corrected chi connectivity index (χ4v) is 3.78. The lowest BCUT2D eigenvalue weighted by molar-refractivity contribution is 0.257. The van der Waals surface area contributed by atoms with Gasteiger partial charge in [0.1, 0.15) is 0 Å². The fourth-order valence-electron chi connectivity index (χ4n) is 2.15. The molecule has 1 unspecified atom stereocenters. The van der Waals surface area contributed by atoms with Crippen molar-refractivity contribution in [3.05, 3.63) is 24.4 Å². The van der Waals surface area contributed by atoms with Gasteiger partial charge in [0.25, 0.3) is 10.0 Å². The summed E-state index contributed by atoms with van der Waals surface area (Å²) < 4.78 is 26.2. The predicted octanol–water partition coefficient (Wildman–Crippen LogP) is 1.01. The van der Waals surface area contributed by atoms with E-state index < -0.39 is 10.0 Å². The lowest BCUT2D eigenvalue weighted by atomic mass is 10.1. The molecule has 0 aromatic carbocycles. The number of hydrogen-bond donors (Lipinski definition) is 1. The van der Waals surface area contributed by atoms with E-state index in [2.05, 4.69) is 4.98 Å². The van der Waals surface area contributed by atoms with E-state index in [0.717, 1.165) is 19.3 Å². The Balaban J connectivity index is 0.00000162. The number of pyridine rings is 1. The number of aromatic nitrogens is 1. The zero-order valence-electron chi connectivity index (χ0n) is 10.0. The third-order valence-electron chi connectivity index (χ3n) is 3.06. The van der Waals surface area contributed by atoms with Crippen LogP contribution in [-0.2, 0) is 10.0 Å². The molecule has 0 amide bonds. The molecular weight excluding hydrogens is 274 g/mol. The van der Waals surface area contributed by atoms with Crippen molar-refractivity contribution in [1.29, 1.82) is 0 Å². The average molecular weight is 292 g/mol. The lowest BCUT2D eigenvalue weighted by Gasteiger charge is -2.33. The summed E-state index contributed by atoms with van der Waals surface area (Å²) in [5.41, 5.74) is 5.64. The monoisotopic (exact) mass is 291 g/mol. The molecule has 0 saturated carbocycles. The van der Waals surface area contributed by atoms with Crippen molar-refractivity contribution in [3.8, 4) is 0 Å². The van der Waals surface area contributed by atoms with Crippen molar-refractivity contribution in [2.45, 2.75) is 30.3 Å². The second-order valence-corrected chi connectivity index (χ2v) is 6.01. The molecule has 1 aromatic rings. The van der Waals surface area contributed by atoms with Crippen molar-refractivity contribution in [3.63, 3.8) is 0 Å². The van der Waals surface area contributed by atoms with E-state index in [4.69, 9.17) is 5.73 Å². The first-order valence-electron chi connectivity index (χ1n) is 5.79. The molecule has 2 rings (SSSR count). The Morgan fingerprint density at radius 2 is 2.17 bits per heavy atom. The molecule has 2 N–H and O–H groups in total. The van der Waals surface area contributed by atoms with Crippen LogP contribution in [0.1, 0.15) is 19.3 Å². The molecule has 2 heterocycles. The highest BCUT2D eigenvalue weighted by Gasteiger charge is 2.33. The molecule has 1 aliphatic heterocycles. The van der Waals surface area contributed by atoms with Gasteiger partial charge in [-0.05, 0) is 25.0 Å². The van der Waals surface area contributed by atoms with Gasteiger partial charge in [-0.1, -0.05) is 12.5 Å². The van der Waals surface area contributed by atoms with Gasteiger partial charge < -0.3 is 5.73 Å². The van der Waals surface area contributed by atoms with Gasteiger partial charge in [-0.25, -0.2) is 13.4 Å². The molecule has 1 aromatic heterocycles. The third-order valence-corrected chi connectivity index (χ3v) is 4.92. The van der Waals surface area contributed by atoms with Crippen LogP contribution in [0.15, 0.2) is 29.4 Å². The second kappa shape index (κ2) is 6.47. The molecule has 0 aliphatic carbocycles. The number of sulfonamides is 1. The summed E-state index contributed by atoms with van der Waals surface area (Å²) in [5, 5.41) is 0.111. The molecule has 1 saturated heterocycles. The standard InChI is InChI=1S/C11H17N3O2S.ClH/c12-9-10-5-2-4-8-14(10)17(15,16)11-6-1-3-7-13-11;/h1,3,6-7,10H,2,4-5,8-9,12H2;1H. The second-order valence-electron chi connectivity index (χ2n) is 4.17. The summed E-state index contributed by atoms with van der Waals surface area (Å²) in [6, 6.07) is 4.82. The number of rotatable bonds is 3. The van der Waals surface area contributed by atoms with Crippen LogP contribution in [0.3, 0.4) is 0 Å². The molecule has 1 atom stereocenters. The van der Waals surface area contributed by atoms with Crippen LogP contribution in [0.25, 0.3) is 0 Å². The number of nitrogens with zero attached hydrogens (tertiary/aromatic N) is 2. The van der Waals surface area contributed by atoms with E-state index in [1.807, 2.05) is 0 Å². The summed E-state index contributed by atoms with van der Waals surface area (Å²) in [7, 11) is -3.48. The molecular formula is C11H18ClN3O2S. The number of nitrogens with two attached hydrogens (primary N) is 1. The van der Waals surface area contributed by atoms with Crippen LogP contribution in [0.2, 0.25) is 0 Å². The third kappa shape index (κ3) is 3.00. The van der Waals surface area contributed by atoms with Crippen molar-refractivity contribution in [2.24, 2.45) is 5.73 Å². The SMILES string of the molecule is Cl.NCC1CCCCN1S(=O)(=O)c1ccccn1. The topological polar surface area (TPSA) is 76.3 Å². The highest BCUT2D eigenvalue weighted by Crippen LogP contribution is 2.23. The number of hydrogen-bond acceptors (Lipinski definition) is 4. The van der Waals surface area contributed by atoms with Crippen LogP contribution >= 0.6 is 12.4 Å². The lowest BCUT2D eigenvalue weighted by Crippen LogP contribution is -2.47. The van der Waals surface area contributed by atoms with Gasteiger partial charge in [0, 0.05) is 25.3 Å². The zero-order valence-corrected chi connectivity index (χ0v) is 11.7. The average Bonchev–Trinajstić information content (AvgIpc) is 2.39. The molecule has 0 radical (unpaired) electrons. The molecule has 102 valence electrons. The highest BCUT2D eigenvalue weighted by molar-refractivity contribution is 7.89. The maximum Gasteiger partial charge on any atom is 0.260 e. The summed E-state index contributed by atoms with van der Waals surface area (Å²) in [6.45, 7) is 0.910. The van der Waals surface area contributed by atoms with E-state index in [1.54, 1.807) is 12.1 Å². The van der Waals surface area contributed by atoms with Gasteiger partial charge in [-0.15, -0.1) is 12.4 Å². The van der Waals surface area contributed by atoms with Gasteiger partial charge in [0.2, 0.25) is 0 Å². The largest absolute Gasteiger partial charge is 0.329 e. The Hall–Kier alpha value is -0.690. The van der Waals surface area contributed by atoms with Crippen LogP contribution in [0.5, 0.6) is 0 Å². The van der Waals surface area contributed by atoms with Crippen LogP contribution in [0.4, 0.5) is 0 Å². The van der Waals surface area contributed by atoms with Gasteiger partial charge in [-0.3, -0.25) is 0 Å². The zero-order chi connectivity index (χ0) is 12.3. The summed E-state index contributed by atoms with van der Waals surface area (Å²) in [6.07, 6.45) is 4.26. The van der Waals surface area contributed by atoms with E-state index in [9.17, 15) is 8.42 Å². The quantitative estimate of drug-likeness (QED) is 0.901. The van der Waals surface area contributed by atoms with Gasteiger partial charge >= 0.3 is 0 Å². The predicted molar refractivity (Wildman–Crippen MR) is 72.1 cm³/mol. The van der Waals surface area contributed by atoms with E-state index in [1.165, 1.54) is 16.6 Å². The Morgan fingerprint density at radius 3 is 2.78 bits per heavy atom. The van der Waals surface area contributed by atoms with Gasteiger partial charge in [-0.2, -0.15) is 4.31 Å². The van der Waals surface area contributed by atoms with Crippen LogP contribution in [0, 0.1) is 0 Å².